The Labute approximate surface area is 124 Å². The van der Waals surface area contributed by atoms with Crippen molar-refractivity contribution in [2.24, 2.45) is 0 Å². The molecule has 0 saturated carbocycles. The summed E-state index contributed by atoms with van der Waals surface area (Å²) in [4.78, 5) is 0. The van der Waals surface area contributed by atoms with Crippen LogP contribution in [0.1, 0.15) is 30.0 Å². The fraction of sp³-hybridized carbons (Fsp3) is 0.333. The lowest BCUT2D eigenvalue weighted by atomic mass is 9.89. The number of aryl methyl sites for hydroxylation is 1. The number of aliphatic hydroxyl groups is 1. The maximum absolute atomic E-state index is 10.6. The minimum atomic E-state index is -0.900. The van der Waals surface area contributed by atoms with E-state index in [0.717, 1.165) is 30.8 Å². The average molecular weight is 284 g/mol. The van der Waals surface area contributed by atoms with Gasteiger partial charge < -0.3 is 14.9 Å². The maximum atomic E-state index is 10.6. The molecule has 2 aromatic carbocycles. The van der Waals surface area contributed by atoms with Crippen LogP contribution in [-0.2, 0) is 18.4 Å². The summed E-state index contributed by atoms with van der Waals surface area (Å²) in [6, 6.07) is 13.0. The van der Waals surface area contributed by atoms with Crippen LogP contribution in [0.3, 0.4) is 0 Å². The van der Waals surface area contributed by atoms with Crippen LogP contribution in [0.4, 0.5) is 0 Å². The van der Waals surface area contributed by atoms with Crippen molar-refractivity contribution < 1.29 is 14.9 Å². The Morgan fingerprint density at radius 3 is 2.67 bits per heavy atom. The molecule has 2 aromatic rings. The van der Waals surface area contributed by atoms with Crippen LogP contribution in [0, 0.1) is 0 Å². The normalized spacial score (nSPS) is 16.1. The SMILES string of the molecule is CC(O)(CCc1ccc2c(c1)CCO2)c1ccc(O)cc1. The number of rotatable bonds is 4. The topological polar surface area (TPSA) is 49.7 Å². The second-order valence-corrected chi connectivity index (χ2v) is 5.86. The molecule has 0 spiro atoms. The minimum absolute atomic E-state index is 0.216. The standard InChI is InChI=1S/C18H20O3/c1-18(20,15-3-5-16(19)6-4-15)10-8-13-2-7-17-14(12-13)9-11-21-17/h2-7,12,19-20H,8-11H2,1H3. The Hall–Kier alpha value is -2.00. The highest BCUT2D eigenvalue weighted by Gasteiger charge is 2.23. The molecular weight excluding hydrogens is 264 g/mol. The van der Waals surface area contributed by atoms with Crippen molar-refractivity contribution in [1.82, 2.24) is 0 Å². The molecule has 3 heteroatoms. The van der Waals surface area contributed by atoms with E-state index in [1.165, 1.54) is 11.1 Å². The van der Waals surface area contributed by atoms with Gasteiger partial charge in [0.15, 0.2) is 0 Å². The van der Waals surface area contributed by atoms with Crippen LogP contribution in [0.5, 0.6) is 11.5 Å². The lowest BCUT2D eigenvalue weighted by molar-refractivity contribution is 0.0480. The van der Waals surface area contributed by atoms with Crippen LogP contribution in [-0.4, -0.2) is 16.8 Å². The molecule has 3 rings (SSSR count). The molecule has 1 heterocycles. The second kappa shape index (κ2) is 5.41. The molecule has 0 aliphatic carbocycles. The Morgan fingerprint density at radius 2 is 1.90 bits per heavy atom. The van der Waals surface area contributed by atoms with E-state index in [1.807, 2.05) is 13.0 Å². The molecular formula is C18H20O3. The molecule has 1 aliphatic rings. The fourth-order valence-electron chi connectivity index (χ4n) is 2.75. The largest absolute Gasteiger partial charge is 0.508 e. The summed E-state index contributed by atoms with van der Waals surface area (Å²) in [7, 11) is 0. The van der Waals surface area contributed by atoms with Crippen LogP contribution >= 0.6 is 0 Å². The van der Waals surface area contributed by atoms with E-state index < -0.39 is 5.60 Å². The molecule has 1 unspecified atom stereocenters. The first kappa shape index (κ1) is 14.0. The number of benzene rings is 2. The van der Waals surface area contributed by atoms with Gasteiger partial charge in [-0.25, -0.2) is 0 Å². The molecule has 0 bridgehead atoms. The van der Waals surface area contributed by atoms with Gasteiger partial charge in [0.25, 0.3) is 0 Å². The van der Waals surface area contributed by atoms with Gasteiger partial charge >= 0.3 is 0 Å². The fourth-order valence-corrected chi connectivity index (χ4v) is 2.75. The third-order valence-electron chi connectivity index (χ3n) is 4.14. The Bertz CT molecular complexity index is 629. The van der Waals surface area contributed by atoms with Gasteiger partial charge in [0.05, 0.1) is 12.2 Å². The van der Waals surface area contributed by atoms with Crippen molar-refractivity contribution in [3.05, 3.63) is 59.2 Å². The zero-order valence-electron chi connectivity index (χ0n) is 12.2. The van der Waals surface area contributed by atoms with Gasteiger partial charge in [-0.1, -0.05) is 24.3 Å². The van der Waals surface area contributed by atoms with E-state index in [1.54, 1.807) is 24.3 Å². The van der Waals surface area contributed by atoms with Gasteiger partial charge in [-0.3, -0.25) is 0 Å². The third kappa shape index (κ3) is 3.03. The van der Waals surface area contributed by atoms with Crippen molar-refractivity contribution in [2.75, 3.05) is 6.61 Å². The van der Waals surface area contributed by atoms with Crippen molar-refractivity contribution in [3.8, 4) is 11.5 Å². The van der Waals surface area contributed by atoms with E-state index in [0.29, 0.717) is 6.42 Å². The quantitative estimate of drug-likeness (QED) is 0.906. The predicted molar refractivity (Wildman–Crippen MR) is 81.6 cm³/mol. The van der Waals surface area contributed by atoms with Gasteiger partial charge in [-0.05, 0) is 54.7 Å². The van der Waals surface area contributed by atoms with Crippen molar-refractivity contribution in [3.63, 3.8) is 0 Å². The molecule has 3 nitrogen and oxygen atoms in total. The summed E-state index contributed by atoms with van der Waals surface area (Å²) in [5.41, 5.74) is 2.41. The molecule has 21 heavy (non-hydrogen) atoms. The number of hydrogen-bond acceptors (Lipinski definition) is 3. The highest BCUT2D eigenvalue weighted by atomic mass is 16.5. The Morgan fingerprint density at radius 1 is 1.14 bits per heavy atom. The molecule has 1 atom stereocenters. The maximum Gasteiger partial charge on any atom is 0.122 e. The van der Waals surface area contributed by atoms with Crippen LogP contribution in [0.15, 0.2) is 42.5 Å². The highest BCUT2D eigenvalue weighted by molar-refractivity contribution is 5.40. The van der Waals surface area contributed by atoms with Crippen molar-refractivity contribution in [2.45, 2.75) is 31.8 Å². The Balaban J connectivity index is 1.70. The summed E-state index contributed by atoms with van der Waals surface area (Å²) in [5.74, 6) is 1.21. The number of phenols is 1. The highest BCUT2D eigenvalue weighted by Crippen LogP contribution is 2.30. The van der Waals surface area contributed by atoms with Gasteiger partial charge in [0.2, 0.25) is 0 Å². The summed E-state index contributed by atoms with van der Waals surface area (Å²) >= 11 is 0. The first-order chi connectivity index (χ1) is 10.0. The first-order valence-electron chi connectivity index (χ1n) is 7.31. The number of aromatic hydroxyl groups is 1. The molecule has 0 amide bonds. The van der Waals surface area contributed by atoms with Crippen LogP contribution < -0.4 is 4.74 Å². The second-order valence-electron chi connectivity index (χ2n) is 5.86. The minimum Gasteiger partial charge on any atom is -0.508 e. The lowest BCUT2D eigenvalue weighted by Crippen LogP contribution is -2.21. The monoisotopic (exact) mass is 284 g/mol. The molecule has 0 radical (unpaired) electrons. The van der Waals surface area contributed by atoms with E-state index in [2.05, 4.69) is 12.1 Å². The molecule has 110 valence electrons. The zero-order valence-corrected chi connectivity index (χ0v) is 12.2. The number of fused-ring (bicyclic) bond motifs is 1. The molecule has 1 aliphatic heterocycles. The molecule has 0 fully saturated rings. The van der Waals surface area contributed by atoms with E-state index in [4.69, 9.17) is 4.74 Å². The predicted octanol–water partition coefficient (Wildman–Crippen LogP) is 3.17. The molecule has 0 saturated heterocycles. The van der Waals surface area contributed by atoms with Crippen molar-refractivity contribution in [1.29, 1.82) is 0 Å². The summed E-state index contributed by atoms with van der Waals surface area (Å²) < 4.78 is 5.51. The van der Waals surface area contributed by atoms with E-state index >= 15 is 0 Å². The smallest absolute Gasteiger partial charge is 0.122 e. The summed E-state index contributed by atoms with van der Waals surface area (Å²) in [6.45, 7) is 2.58. The van der Waals surface area contributed by atoms with Crippen molar-refractivity contribution >= 4 is 0 Å². The molecule has 2 N–H and O–H groups in total. The average Bonchev–Trinajstić information content (AvgIpc) is 2.93. The third-order valence-corrected chi connectivity index (χ3v) is 4.14. The zero-order chi connectivity index (χ0) is 14.9. The lowest BCUT2D eigenvalue weighted by Gasteiger charge is -2.24. The number of ether oxygens (including phenoxy) is 1. The van der Waals surface area contributed by atoms with E-state index in [9.17, 15) is 10.2 Å². The van der Waals surface area contributed by atoms with Gasteiger partial charge in [0.1, 0.15) is 11.5 Å². The van der Waals surface area contributed by atoms with Gasteiger partial charge in [-0.2, -0.15) is 0 Å². The van der Waals surface area contributed by atoms with E-state index in [-0.39, 0.29) is 5.75 Å². The summed E-state index contributed by atoms with van der Waals surface area (Å²) in [5, 5.41) is 20.0. The van der Waals surface area contributed by atoms with Gasteiger partial charge in [-0.15, -0.1) is 0 Å². The molecule has 0 aromatic heterocycles. The van der Waals surface area contributed by atoms with Gasteiger partial charge in [0, 0.05) is 6.42 Å². The Kier molecular flexibility index (Phi) is 3.60. The first-order valence-corrected chi connectivity index (χ1v) is 7.31. The number of hydrogen-bond donors (Lipinski definition) is 2. The van der Waals surface area contributed by atoms with Crippen LogP contribution in [0.25, 0.3) is 0 Å². The van der Waals surface area contributed by atoms with Crippen LogP contribution in [0.2, 0.25) is 0 Å². The summed E-state index contributed by atoms with van der Waals surface area (Å²) in [6.07, 6.45) is 2.41. The number of phenolic OH excluding ortho intramolecular Hbond substituents is 1.